The van der Waals surface area contributed by atoms with Crippen LogP contribution in [0.15, 0.2) is 42.6 Å². The number of nitrogens with zero attached hydrogens (tertiary/aromatic N) is 3. The number of hydrogen-bond acceptors (Lipinski definition) is 6. The van der Waals surface area contributed by atoms with Crippen LogP contribution in [0, 0.1) is 13.8 Å². The highest BCUT2D eigenvalue weighted by molar-refractivity contribution is 7.89. The molecule has 166 valence electrons. The van der Waals surface area contributed by atoms with Gasteiger partial charge in [-0.05, 0) is 44.4 Å². The lowest BCUT2D eigenvalue weighted by molar-refractivity contribution is 0.126. The molecule has 2 aromatic heterocycles. The maximum atomic E-state index is 12.3. The fourth-order valence-corrected chi connectivity index (χ4v) is 4.24. The minimum absolute atomic E-state index is 0.0193. The fraction of sp³-hybridized carbons (Fsp3) is 0.364. The SMILES string of the molecule is CCOCc1nc2c(N)nc(C)c(C)c2n1CC=CNS(=O)(=O)CCc1ccccc1. The first-order valence-electron chi connectivity index (χ1n) is 10.2. The molecule has 0 fully saturated rings. The molecule has 0 unspecified atom stereocenters. The lowest BCUT2D eigenvalue weighted by Crippen LogP contribution is -2.22. The van der Waals surface area contributed by atoms with Crippen molar-refractivity contribution < 1.29 is 13.2 Å². The van der Waals surface area contributed by atoms with E-state index in [-0.39, 0.29) is 5.75 Å². The van der Waals surface area contributed by atoms with Gasteiger partial charge in [0.15, 0.2) is 5.82 Å². The molecule has 0 aliphatic heterocycles. The molecule has 3 N–H and O–H groups in total. The molecule has 0 radical (unpaired) electrons. The topological polar surface area (TPSA) is 112 Å². The van der Waals surface area contributed by atoms with Crippen molar-refractivity contribution in [3.63, 3.8) is 0 Å². The Morgan fingerprint density at radius 2 is 1.94 bits per heavy atom. The summed E-state index contributed by atoms with van der Waals surface area (Å²) in [6.07, 6.45) is 3.67. The van der Waals surface area contributed by atoms with Gasteiger partial charge in [0, 0.05) is 25.0 Å². The molecule has 0 spiro atoms. The molecule has 0 bridgehead atoms. The number of benzene rings is 1. The molecule has 0 atom stereocenters. The van der Waals surface area contributed by atoms with E-state index in [1.54, 1.807) is 6.08 Å². The summed E-state index contributed by atoms with van der Waals surface area (Å²) in [5, 5.41) is 0. The average Bonchev–Trinajstić information content (AvgIpc) is 3.12. The van der Waals surface area contributed by atoms with E-state index < -0.39 is 10.0 Å². The monoisotopic (exact) mass is 443 g/mol. The van der Waals surface area contributed by atoms with Crippen LogP contribution in [-0.2, 0) is 34.3 Å². The largest absolute Gasteiger partial charge is 0.382 e. The molecule has 3 aromatic rings. The Morgan fingerprint density at radius 1 is 1.19 bits per heavy atom. The first-order chi connectivity index (χ1) is 14.8. The summed E-state index contributed by atoms with van der Waals surface area (Å²) in [6.45, 7) is 7.11. The Hall–Kier alpha value is -2.91. The number of nitrogens with one attached hydrogen (secondary N) is 1. The second kappa shape index (κ2) is 9.93. The minimum atomic E-state index is -3.43. The average molecular weight is 444 g/mol. The van der Waals surface area contributed by atoms with Crippen LogP contribution < -0.4 is 10.5 Å². The van der Waals surface area contributed by atoms with Crippen LogP contribution in [0.3, 0.4) is 0 Å². The second-order valence-corrected chi connectivity index (χ2v) is 9.13. The Morgan fingerprint density at radius 3 is 2.65 bits per heavy atom. The van der Waals surface area contributed by atoms with Gasteiger partial charge in [0.25, 0.3) is 0 Å². The van der Waals surface area contributed by atoms with Crippen LogP contribution in [0.2, 0.25) is 0 Å². The number of nitrogens with two attached hydrogens (primary N) is 1. The Labute approximate surface area is 183 Å². The number of pyridine rings is 1. The number of ether oxygens (including phenoxy) is 1. The molecule has 8 nitrogen and oxygen atoms in total. The molecule has 3 rings (SSSR count). The van der Waals surface area contributed by atoms with E-state index in [9.17, 15) is 8.42 Å². The van der Waals surface area contributed by atoms with Gasteiger partial charge in [0.1, 0.15) is 17.9 Å². The number of aryl methyl sites for hydroxylation is 3. The maximum absolute atomic E-state index is 12.3. The molecular weight excluding hydrogens is 414 g/mol. The zero-order valence-electron chi connectivity index (χ0n) is 18.1. The summed E-state index contributed by atoms with van der Waals surface area (Å²) in [5.41, 5.74) is 10.4. The number of hydrogen-bond donors (Lipinski definition) is 2. The summed E-state index contributed by atoms with van der Waals surface area (Å²) in [7, 11) is -3.43. The van der Waals surface area contributed by atoms with E-state index in [0.29, 0.717) is 37.5 Å². The summed E-state index contributed by atoms with van der Waals surface area (Å²) in [6, 6.07) is 9.54. The number of aromatic nitrogens is 3. The maximum Gasteiger partial charge on any atom is 0.232 e. The zero-order valence-corrected chi connectivity index (χ0v) is 18.9. The van der Waals surface area contributed by atoms with Crippen molar-refractivity contribution >= 4 is 26.9 Å². The predicted molar refractivity (Wildman–Crippen MR) is 123 cm³/mol. The number of rotatable bonds is 10. The predicted octanol–water partition coefficient (Wildman–Crippen LogP) is 2.84. The summed E-state index contributed by atoms with van der Waals surface area (Å²) in [4.78, 5) is 8.98. The van der Waals surface area contributed by atoms with Crippen molar-refractivity contribution in [3.8, 4) is 0 Å². The van der Waals surface area contributed by atoms with E-state index in [1.165, 1.54) is 6.20 Å². The van der Waals surface area contributed by atoms with Gasteiger partial charge in [-0.3, -0.25) is 4.72 Å². The quantitative estimate of drug-likeness (QED) is 0.498. The molecule has 1 aromatic carbocycles. The zero-order chi connectivity index (χ0) is 22.4. The van der Waals surface area contributed by atoms with E-state index in [4.69, 9.17) is 10.5 Å². The smallest absolute Gasteiger partial charge is 0.232 e. The Bertz CT molecular complexity index is 1170. The molecule has 0 aliphatic carbocycles. The second-order valence-electron chi connectivity index (χ2n) is 7.26. The van der Waals surface area contributed by atoms with Crippen LogP contribution in [0.5, 0.6) is 0 Å². The fourth-order valence-electron chi connectivity index (χ4n) is 3.31. The standard InChI is InChI=1S/C22H29N5O3S/c1-4-30-15-19-26-20-21(16(2)17(3)25-22(20)23)27(19)13-8-12-24-31(28,29)14-11-18-9-6-5-7-10-18/h5-10,12,24H,4,11,13-15H2,1-3H3,(H2,23,25). The third-order valence-corrected chi connectivity index (χ3v) is 6.30. The number of nitrogen functional groups attached to an aromatic ring is 1. The summed E-state index contributed by atoms with van der Waals surface area (Å²) in [5.74, 6) is 1.11. The highest BCUT2D eigenvalue weighted by Gasteiger charge is 2.17. The van der Waals surface area contributed by atoms with Crippen molar-refractivity contribution in [3.05, 3.63) is 65.3 Å². The lowest BCUT2D eigenvalue weighted by atomic mass is 10.2. The van der Waals surface area contributed by atoms with Crippen molar-refractivity contribution in [2.24, 2.45) is 0 Å². The highest BCUT2D eigenvalue weighted by Crippen LogP contribution is 2.26. The van der Waals surface area contributed by atoms with Gasteiger partial charge in [-0.2, -0.15) is 0 Å². The third-order valence-electron chi connectivity index (χ3n) is 5.07. The minimum Gasteiger partial charge on any atom is -0.382 e. The van der Waals surface area contributed by atoms with Crippen LogP contribution in [-0.4, -0.2) is 35.3 Å². The van der Waals surface area contributed by atoms with Gasteiger partial charge in [-0.15, -0.1) is 0 Å². The first-order valence-corrected chi connectivity index (χ1v) is 11.9. The molecule has 31 heavy (non-hydrogen) atoms. The van der Waals surface area contributed by atoms with Gasteiger partial charge in [-0.25, -0.2) is 18.4 Å². The highest BCUT2D eigenvalue weighted by atomic mass is 32.2. The third kappa shape index (κ3) is 5.62. The van der Waals surface area contributed by atoms with Crippen molar-refractivity contribution in [2.75, 3.05) is 18.1 Å². The van der Waals surface area contributed by atoms with Gasteiger partial charge in [0.05, 0.1) is 11.3 Å². The lowest BCUT2D eigenvalue weighted by Gasteiger charge is -2.10. The van der Waals surface area contributed by atoms with Crippen LogP contribution in [0.1, 0.15) is 29.6 Å². The molecular formula is C22H29N5O3S. The number of sulfonamides is 1. The van der Waals surface area contributed by atoms with Gasteiger partial charge < -0.3 is 15.0 Å². The molecule has 9 heteroatoms. The molecule has 0 saturated carbocycles. The van der Waals surface area contributed by atoms with Crippen molar-refractivity contribution in [1.29, 1.82) is 0 Å². The van der Waals surface area contributed by atoms with Gasteiger partial charge >= 0.3 is 0 Å². The van der Waals surface area contributed by atoms with Gasteiger partial charge in [0.2, 0.25) is 10.0 Å². The molecule has 0 saturated heterocycles. The summed E-state index contributed by atoms with van der Waals surface area (Å²) < 4.78 is 34.7. The van der Waals surface area contributed by atoms with Crippen LogP contribution in [0.4, 0.5) is 5.82 Å². The molecule has 2 heterocycles. The van der Waals surface area contributed by atoms with Crippen molar-refractivity contribution in [1.82, 2.24) is 19.3 Å². The van der Waals surface area contributed by atoms with Crippen molar-refractivity contribution in [2.45, 2.75) is 40.3 Å². The number of fused-ring (bicyclic) bond motifs is 1. The molecule has 0 aliphatic rings. The van der Waals surface area contributed by atoms with Crippen LogP contribution in [0.25, 0.3) is 11.0 Å². The van der Waals surface area contributed by atoms with Crippen LogP contribution >= 0.6 is 0 Å². The number of anilines is 1. The Balaban J connectivity index is 1.75. The number of imidazole rings is 1. The van der Waals surface area contributed by atoms with Gasteiger partial charge in [-0.1, -0.05) is 30.3 Å². The van der Waals surface area contributed by atoms with E-state index in [2.05, 4.69) is 14.7 Å². The van der Waals surface area contributed by atoms with E-state index in [1.807, 2.05) is 55.7 Å². The summed E-state index contributed by atoms with van der Waals surface area (Å²) >= 11 is 0. The Kier molecular flexibility index (Phi) is 7.29. The number of allylic oxidation sites excluding steroid dienone is 1. The molecule has 0 amide bonds. The van der Waals surface area contributed by atoms with E-state index >= 15 is 0 Å². The van der Waals surface area contributed by atoms with E-state index in [0.717, 1.165) is 28.2 Å². The first kappa shape index (κ1) is 22.8. The normalized spacial score (nSPS) is 12.1.